The van der Waals surface area contributed by atoms with Crippen LogP contribution in [0.2, 0.25) is 0 Å². The van der Waals surface area contributed by atoms with Gasteiger partial charge in [0.15, 0.2) is 0 Å². The van der Waals surface area contributed by atoms with Gasteiger partial charge in [-0.05, 0) is 151 Å². The quantitative estimate of drug-likeness (QED) is 0.212. The molecule has 230 valence electrons. The topological polar surface area (TPSA) is 36.9 Å². The van der Waals surface area contributed by atoms with Crippen molar-refractivity contribution in [3.05, 3.63) is 57.6 Å². The molecular formula is C36H56B2O4. The lowest BCUT2D eigenvalue weighted by Crippen LogP contribution is -2.41. The van der Waals surface area contributed by atoms with Gasteiger partial charge in [-0.25, -0.2) is 0 Å². The van der Waals surface area contributed by atoms with Crippen molar-refractivity contribution in [3.63, 3.8) is 0 Å². The minimum Gasteiger partial charge on any atom is -0.399 e. The van der Waals surface area contributed by atoms with Gasteiger partial charge < -0.3 is 18.6 Å². The molecule has 0 aromatic heterocycles. The minimum atomic E-state index is -0.328. The van der Waals surface area contributed by atoms with Crippen molar-refractivity contribution in [2.45, 2.75) is 157 Å². The van der Waals surface area contributed by atoms with Crippen LogP contribution >= 0.6 is 0 Å². The van der Waals surface area contributed by atoms with E-state index in [0.717, 1.165) is 38.5 Å². The van der Waals surface area contributed by atoms with Gasteiger partial charge in [0, 0.05) is 0 Å². The Bertz CT molecular complexity index is 1130. The number of unbranched alkanes of at least 4 members (excludes halogenated alkanes) is 1. The van der Waals surface area contributed by atoms with Gasteiger partial charge >= 0.3 is 14.2 Å². The van der Waals surface area contributed by atoms with Gasteiger partial charge in [-0.2, -0.15) is 0 Å². The molecule has 0 unspecified atom stereocenters. The average Bonchev–Trinajstić information content (AvgIpc) is 3.29. The molecule has 0 saturated carbocycles. The van der Waals surface area contributed by atoms with Crippen molar-refractivity contribution < 1.29 is 18.6 Å². The van der Waals surface area contributed by atoms with Crippen molar-refractivity contribution >= 4 is 25.2 Å². The molecule has 0 bridgehead atoms. The third kappa shape index (κ3) is 6.43. The molecule has 4 rings (SSSR count). The Morgan fingerprint density at radius 2 is 0.714 bits per heavy atom. The van der Waals surface area contributed by atoms with E-state index < -0.39 is 0 Å². The average molecular weight is 574 g/mol. The first-order valence-corrected chi connectivity index (χ1v) is 16.6. The standard InChI is InChI=1S/C36H56B2O4/c1-13-25-23-31(37-39-33(5,6)34(7,8)40-37)27(15-3)21-29(25)19-17-18-20-30-22-28(16-4)32(24-26(30)14-2)38-41-35(9,10)36(11,12)42-38/h21-24H,13-20H2,1-12H3. The molecule has 0 aliphatic carbocycles. The van der Waals surface area contributed by atoms with Crippen molar-refractivity contribution in [3.8, 4) is 0 Å². The number of benzene rings is 2. The zero-order chi connectivity index (χ0) is 31.1. The Balaban J connectivity index is 1.46. The molecule has 2 aliphatic rings. The molecule has 2 heterocycles. The van der Waals surface area contributed by atoms with Crippen molar-refractivity contribution in [1.82, 2.24) is 0 Å². The maximum Gasteiger partial charge on any atom is 0.495 e. The molecule has 2 aromatic carbocycles. The molecular weight excluding hydrogens is 518 g/mol. The smallest absolute Gasteiger partial charge is 0.399 e. The van der Waals surface area contributed by atoms with Crippen molar-refractivity contribution in [2.75, 3.05) is 0 Å². The van der Waals surface area contributed by atoms with E-state index in [2.05, 4.69) is 107 Å². The molecule has 4 nitrogen and oxygen atoms in total. The van der Waals surface area contributed by atoms with Crippen LogP contribution in [-0.2, 0) is 57.1 Å². The molecule has 2 fully saturated rings. The van der Waals surface area contributed by atoms with Crippen LogP contribution in [0.25, 0.3) is 0 Å². The second-order valence-corrected chi connectivity index (χ2v) is 14.4. The maximum absolute atomic E-state index is 6.44. The Morgan fingerprint density at radius 3 is 0.976 bits per heavy atom. The number of rotatable bonds is 11. The van der Waals surface area contributed by atoms with Gasteiger partial charge in [0.1, 0.15) is 0 Å². The van der Waals surface area contributed by atoms with Crippen LogP contribution in [0, 0.1) is 0 Å². The van der Waals surface area contributed by atoms with Crippen molar-refractivity contribution in [2.24, 2.45) is 0 Å². The van der Waals surface area contributed by atoms with Gasteiger partial charge in [-0.3, -0.25) is 0 Å². The van der Waals surface area contributed by atoms with E-state index in [1.165, 1.54) is 57.1 Å². The lowest BCUT2D eigenvalue weighted by molar-refractivity contribution is 0.00578. The SMILES string of the molecule is CCc1cc(B2OC(C)(C)C(C)(C)O2)c(CC)cc1CCCCc1cc(CC)c(B2OC(C)(C)C(C)(C)O2)cc1CC. The lowest BCUT2D eigenvalue weighted by atomic mass is 9.73. The monoisotopic (exact) mass is 574 g/mol. The second-order valence-electron chi connectivity index (χ2n) is 14.4. The van der Waals surface area contributed by atoms with Gasteiger partial charge in [0.25, 0.3) is 0 Å². The van der Waals surface area contributed by atoms with Gasteiger partial charge in [-0.1, -0.05) is 52.0 Å². The molecule has 2 aromatic rings. The molecule has 0 spiro atoms. The highest BCUT2D eigenvalue weighted by Crippen LogP contribution is 2.38. The van der Waals surface area contributed by atoms with Gasteiger partial charge in [0.05, 0.1) is 22.4 Å². The fourth-order valence-corrected chi connectivity index (χ4v) is 6.26. The van der Waals surface area contributed by atoms with E-state index in [1.807, 2.05) is 0 Å². The van der Waals surface area contributed by atoms with Gasteiger partial charge in [-0.15, -0.1) is 0 Å². The maximum atomic E-state index is 6.44. The van der Waals surface area contributed by atoms with Crippen molar-refractivity contribution in [1.29, 1.82) is 0 Å². The van der Waals surface area contributed by atoms with E-state index in [9.17, 15) is 0 Å². The third-order valence-corrected chi connectivity index (χ3v) is 10.6. The fourth-order valence-electron chi connectivity index (χ4n) is 6.26. The van der Waals surface area contributed by atoms with Crippen LogP contribution in [-0.4, -0.2) is 36.6 Å². The highest BCUT2D eigenvalue weighted by molar-refractivity contribution is 6.63. The number of hydrogen-bond acceptors (Lipinski definition) is 4. The Morgan fingerprint density at radius 1 is 0.429 bits per heavy atom. The predicted octanol–water partition coefficient (Wildman–Crippen LogP) is 7.10. The Kier molecular flexibility index (Phi) is 9.85. The molecule has 0 N–H and O–H groups in total. The van der Waals surface area contributed by atoms with Crippen LogP contribution in [0.15, 0.2) is 24.3 Å². The van der Waals surface area contributed by atoms with E-state index in [-0.39, 0.29) is 36.6 Å². The number of aryl methyl sites for hydroxylation is 6. The van der Waals surface area contributed by atoms with E-state index in [0.29, 0.717) is 0 Å². The van der Waals surface area contributed by atoms with Crippen LogP contribution in [0.3, 0.4) is 0 Å². The lowest BCUT2D eigenvalue weighted by Gasteiger charge is -2.32. The van der Waals surface area contributed by atoms with E-state index >= 15 is 0 Å². The summed E-state index contributed by atoms with van der Waals surface area (Å²) in [6.07, 6.45) is 8.56. The van der Waals surface area contributed by atoms with Crippen LogP contribution in [0.4, 0.5) is 0 Å². The van der Waals surface area contributed by atoms with Crippen LogP contribution in [0.5, 0.6) is 0 Å². The molecule has 2 aliphatic heterocycles. The third-order valence-electron chi connectivity index (χ3n) is 10.6. The van der Waals surface area contributed by atoms with E-state index in [1.54, 1.807) is 0 Å². The number of hydrogen-bond donors (Lipinski definition) is 0. The molecule has 42 heavy (non-hydrogen) atoms. The molecule has 0 radical (unpaired) electrons. The van der Waals surface area contributed by atoms with Crippen LogP contribution in [0.1, 0.15) is 129 Å². The minimum absolute atomic E-state index is 0.301. The first-order valence-electron chi connectivity index (χ1n) is 16.6. The molecule has 2 saturated heterocycles. The zero-order valence-corrected chi connectivity index (χ0v) is 28.8. The first kappa shape index (κ1) is 33.3. The summed E-state index contributed by atoms with van der Waals surface area (Å²) in [4.78, 5) is 0. The molecule has 0 amide bonds. The first-order chi connectivity index (χ1) is 19.6. The summed E-state index contributed by atoms with van der Waals surface area (Å²) in [5, 5.41) is 0. The zero-order valence-electron chi connectivity index (χ0n) is 28.8. The fraction of sp³-hybridized carbons (Fsp3) is 0.667. The summed E-state index contributed by atoms with van der Waals surface area (Å²) in [7, 11) is -0.602. The predicted molar refractivity (Wildman–Crippen MR) is 178 cm³/mol. The highest BCUT2D eigenvalue weighted by Gasteiger charge is 2.53. The van der Waals surface area contributed by atoms with Gasteiger partial charge in [0.2, 0.25) is 0 Å². The second kappa shape index (κ2) is 12.4. The largest absolute Gasteiger partial charge is 0.495 e. The van der Waals surface area contributed by atoms with E-state index in [4.69, 9.17) is 18.6 Å². The summed E-state index contributed by atoms with van der Waals surface area (Å²) in [6, 6.07) is 9.61. The summed E-state index contributed by atoms with van der Waals surface area (Å²) in [6.45, 7) is 26.1. The summed E-state index contributed by atoms with van der Waals surface area (Å²) < 4.78 is 25.8. The Labute approximate surface area is 257 Å². The summed E-state index contributed by atoms with van der Waals surface area (Å²) in [5.74, 6) is 0. The molecule has 6 heteroatoms. The van der Waals surface area contributed by atoms with Crippen LogP contribution < -0.4 is 10.9 Å². The Hall–Kier alpha value is -1.59. The summed E-state index contributed by atoms with van der Waals surface area (Å²) in [5.41, 5.74) is 9.60. The normalized spacial score (nSPS) is 20.5. The summed E-state index contributed by atoms with van der Waals surface area (Å²) >= 11 is 0. The highest BCUT2D eigenvalue weighted by atomic mass is 16.7. The molecule has 0 atom stereocenters.